The molecule has 0 radical (unpaired) electrons. The molecule has 0 atom stereocenters. The molecular weight excluding hydrogens is 204 g/mol. The second-order valence-electron chi connectivity index (χ2n) is 3.61. The monoisotopic (exact) mass is 216 g/mol. The van der Waals surface area contributed by atoms with E-state index in [2.05, 4.69) is 18.9 Å². The van der Waals surface area contributed by atoms with Gasteiger partial charge >= 0.3 is 5.97 Å². The molecule has 0 fully saturated rings. The van der Waals surface area contributed by atoms with Crippen molar-refractivity contribution in [2.45, 2.75) is 26.8 Å². The van der Waals surface area contributed by atoms with Gasteiger partial charge in [0.15, 0.2) is 0 Å². The third-order valence-electron chi connectivity index (χ3n) is 1.68. The Kier molecular flexibility index (Phi) is 3.52. The van der Waals surface area contributed by atoms with Gasteiger partial charge < -0.3 is 5.11 Å². The largest absolute Gasteiger partial charge is 0.480 e. The number of carbonyl (C=O) groups is 1. The first-order valence-electron chi connectivity index (χ1n) is 4.43. The molecule has 1 heterocycles. The SMILES string of the molecule is CC(C)Cc1cc(Cl)n(CC(=O)O)n1. The van der Waals surface area contributed by atoms with Crippen molar-refractivity contribution < 1.29 is 9.90 Å². The molecule has 5 heteroatoms. The van der Waals surface area contributed by atoms with Gasteiger partial charge in [-0.3, -0.25) is 4.79 Å². The number of carboxylic acids is 1. The topological polar surface area (TPSA) is 55.1 Å². The molecule has 0 unspecified atom stereocenters. The lowest BCUT2D eigenvalue weighted by Gasteiger charge is -1.99. The fourth-order valence-corrected chi connectivity index (χ4v) is 1.42. The summed E-state index contributed by atoms with van der Waals surface area (Å²) in [7, 11) is 0. The summed E-state index contributed by atoms with van der Waals surface area (Å²) in [4.78, 5) is 10.4. The zero-order valence-electron chi connectivity index (χ0n) is 8.20. The molecule has 0 saturated carbocycles. The Morgan fingerprint density at radius 3 is 2.86 bits per heavy atom. The minimum Gasteiger partial charge on any atom is -0.480 e. The van der Waals surface area contributed by atoms with E-state index in [1.165, 1.54) is 4.68 Å². The summed E-state index contributed by atoms with van der Waals surface area (Å²) in [6, 6.07) is 1.71. The van der Waals surface area contributed by atoms with E-state index in [0.717, 1.165) is 12.1 Å². The van der Waals surface area contributed by atoms with Gasteiger partial charge in [0.1, 0.15) is 11.7 Å². The van der Waals surface area contributed by atoms with Crippen LogP contribution in [0.15, 0.2) is 6.07 Å². The Morgan fingerprint density at radius 1 is 1.71 bits per heavy atom. The lowest BCUT2D eigenvalue weighted by Crippen LogP contribution is -2.10. The first-order valence-corrected chi connectivity index (χ1v) is 4.81. The Hall–Kier alpha value is -1.03. The zero-order chi connectivity index (χ0) is 10.7. The fourth-order valence-electron chi connectivity index (χ4n) is 1.20. The van der Waals surface area contributed by atoms with Crippen LogP contribution in [0, 0.1) is 5.92 Å². The van der Waals surface area contributed by atoms with E-state index in [-0.39, 0.29) is 6.54 Å². The third-order valence-corrected chi connectivity index (χ3v) is 1.99. The summed E-state index contributed by atoms with van der Waals surface area (Å²) in [5.41, 5.74) is 0.839. The Morgan fingerprint density at radius 2 is 2.36 bits per heavy atom. The highest BCUT2D eigenvalue weighted by atomic mass is 35.5. The number of hydrogen-bond donors (Lipinski definition) is 1. The van der Waals surface area contributed by atoms with Crippen molar-refractivity contribution in [2.24, 2.45) is 5.92 Å². The van der Waals surface area contributed by atoms with Crippen molar-refractivity contribution in [3.8, 4) is 0 Å². The maximum Gasteiger partial charge on any atom is 0.325 e. The molecule has 4 nitrogen and oxygen atoms in total. The maximum absolute atomic E-state index is 10.4. The minimum absolute atomic E-state index is 0.184. The van der Waals surface area contributed by atoms with E-state index in [9.17, 15) is 4.79 Å². The molecule has 0 spiro atoms. The standard InChI is InChI=1S/C9H13ClN2O2/c1-6(2)3-7-4-8(10)12(11-7)5-9(13)14/h4,6H,3,5H2,1-2H3,(H,13,14). The van der Waals surface area contributed by atoms with Gasteiger partial charge in [-0.2, -0.15) is 5.10 Å². The van der Waals surface area contributed by atoms with Crippen LogP contribution in [0.25, 0.3) is 0 Å². The molecule has 0 amide bonds. The van der Waals surface area contributed by atoms with Gasteiger partial charge in [0.25, 0.3) is 0 Å². The van der Waals surface area contributed by atoms with Crippen LogP contribution in [0.5, 0.6) is 0 Å². The Bertz CT molecular complexity index is 334. The van der Waals surface area contributed by atoms with Crippen LogP contribution in [0.3, 0.4) is 0 Å². The van der Waals surface area contributed by atoms with E-state index in [1.54, 1.807) is 6.07 Å². The predicted molar refractivity (Wildman–Crippen MR) is 53.4 cm³/mol. The van der Waals surface area contributed by atoms with Gasteiger partial charge in [-0.1, -0.05) is 25.4 Å². The smallest absolute Gasteiger partial charge is 0.325 e. The Labute approximate surface area is 87.5 Å². The van der Waals surface area contributed by atoms with Gasteiger partial charge in [-0.25, -0.2) is 4.68 Å². The second-order valence-corrected chi connectivity index (χ2v) is 4.00. The summed E-state index contributed by atoms with van der Waals surface area (Å²) < 4.78 is 1.29. The van der Waals surface area contributed by atoms with E-state index < -0.39 is 5.97 Å². The average molecular weight is 217 g/mol. The van der Waals surface area contributed by atoms with Gasteiger partial charge in [0, 0.05) is 0 Å². The molecule has 1 aromatic rings. The highest BCUT2D eigenvalue weighted by molar-refractivity contribution is 6.29. The maximum atomic E-state index is 10.4. The molecular formula is C9H13ClN2O2. The number of nitrogens with zero attached hydrogens (tertiary/aromatic N) is 2. The van der Waals surface area contributed by atoms with Crippen LogP contribution in [-0.2, 0) is 17.8 Å². The molecule has 0 aliphatic carbocycles. The molecule has 0 saturated heterocycles. The highest BCUT2D eigenvalue weighted by Gasteiger charge is 2.09. The molecule has 0 bridgehead atoms. The summed E-state index contributed by atoms with van der Waals surface area (Å²) in [5.74, 6) is -0.453. The average Bonchev–Trinajstić information content (AvgIpc) is 2.28. The van der Waals surface area contributed by atoms with Crippen LogP contribution >= 0.6 is 11.6 Å². The van der Waals surface area contributed by atoms with Crippen molar-refractivity contribution in [1.82, 2.24) is 9.78 Å². The number of rotatable bonds is 4. The number of aromatic nitrogens is 2. The van der Waals surface area contributed by atoms with Gasteiger partial charge in [-0.15, -0.1) is 0 Å². The van der Waals surface area contributed by atoms with E-state index in [1.807, 2.05) is 0 Å². The van der Waals surface area contributed by atoms with Crippen molar-refractivity contribution >= 4 is 17.6 Å². The molecule has 78 valence electrons. The van der Waals surface area contributed by atoms with Crippen LogP contribution in [0.2, 0.25) is 5.15 Å². The van der Waals surface area contributed by atoms with Crippen molar-refractivity contribution in [2.75, 3.05) is 0 Å². The normalized spacial score (nSPS) is 10.9. The number of carboxylic acid groups (broad SMARTS) is 1. The van der Waals surface area contributed by atoms with Crippen LogP contribution in [-0.4, -0.2) is 20.9 Å². The Balaban J connectivity index is 2.76. The molecule has 1 rings (SSSR count). The lowest BCUT2D eigenvalue weighted by molar-refractivity contribution is -0.137. The van der Waals surface area contributed by atoms with Gasteiger partial charge in [0.05, 0.1) is 5.69 Å². The molecule has 1 N–H and O–H groups in total. The van der Waals surface area contributed by atoms with Crippen LogP contribution in [0.1, 0.15) is 19.5 Å². The molecule has 0 aliphatic rings. The molecule has 14 heavy (non-hydrogen) atoms. The van der Waals surface area contributed by atoms with Crippen molar-refractivity contribution in [1.29, 1.82) is 0 Å². The summed E-state index contributed by atoms with van der Waals surface area (Å²) in [6.07, 6.45) is 0.812. The quantitative estimate of drug-likeness (QED) is 0.835. The summed E-state index contributed by atoms with van der Waals surface area (Å²) in [5, 5.41) is 13.0. The van der Waals surface area contributed by atoms with Crippen LogP contribution < -0.4 is 0 Å². The molecule has 0 aromatic carbocycles. The first-order chi connectivity index (χ1) is 6.49. The zero-order valence-corrected chi connectivity index (χ0v) is 8.95. The van der Waals surface area contributed by atoms with E-state index in [0.29, 0.717) is 11.1 Å². The third kappa shape index (κ3) is 3.03. The number of halogens is 1. The summed E-state index contributed by atoms with van der Waals surface area (Å²) >= 11 is 5.81. The second kappa shape index (κ2) is 4.46. The molecule has 0 aliphatic heterocycles. The number of hydrogen-bond acceptors (Lipinski definition) is 2. The predicted octanol–water partition coefficient (Wildman–Crippen LogP) is 1.82. The summed E-state index contributed by atoms with van der Waals surface area (Å²) in [6.45, 7) is 3.96. The van der Waals surface area contributed by atoms with E-state index >= 15 is 0 Å². The van der Waals surface area contributed by atoms with Crippen molar-refractivity contribution in [3.63, 3.8) is 0 Å². The van der Waals surface area contributed by atoms with Crippen molar-refractivity contribution in [3.05, 3.63) is 16.9 Å². The first kappa shape index (κ1) is 11.0. The fraction of sp³-hybridized carbons (Fsp3) is 0.556. The minimum atomic E-state index is -0.939. The van der Waals surface area contributed by atoms with Gasteiger partial charge in [0.2, 0.25) is 0 Å². The highest BCUT2D eigenvalue weighted by Crippen LogP contribution is 2.13. The number of aliphatic carboxylic acids is 1. The lowest BCUT2D eigenvalue weighted by atomic mass is 10.1. The molecule has 1 aromatic heterocycles. The van der Waals surface area contributed by atoms with E-state index in [4.69, 9.17) is 16.7 Å². The van der Waals surface area contributed by atoms with Crippen LogP contribution in [0.4, 0.5) is 0 Å². The van der Waals surface area contributed by atoms with Gasteiger partial charge in [-0.05, 0) is 18.4 Å².